The number of pyridine rings is 1. The number of benzene rings is 1. The summed E-state index contributed by atoms with van der Waals surface area (Å²) in [5.41, 5.74) is -2.12. The summed E-state index contributed by atoms with van der Waals surface area (Å²) in [7, 11) is -3.40. The third-order valence-corrected chi connectivity index (χ3v) is 7.63. The molecule has 2 bridgehead atoms. The number of carbonyl (C=O) groups is 1. The monoisotopic (exact) mass is 529 g/mol. The predicted octanol–water partition coefficient (Wildman–Crippen LogP) is 4.12. The van der Waals surface area contributed by atoms with Gasteiger partial charge in [-0.2, -0.15) is 13.2 Å². The summed E-state index contributed by atoms with van der Waals surface area (Å²) in [5.74, 6) is -2.25. The molecule has 1 N–H and O–H groups in total. The minimum Gasteiger partial charge on any atom is -0.477 e. The second-order valence-electron chi connectivity index (χ2n) is 9.81. The molecule has 3 heterocycles. The van der Waals surface area contributed by atoms with Crippen LogP contribution < -0.4 is 15.0 Å². The average molecular weight is 530 g/mol. The van der Waals surface area contributed by atoms with E-state index >= 15 is 0 Å². The van der Waals surface area contributed by atoms with Gasteiger partial charge in [0, 0.05) is 24.4 Å². The zero-order chi connectivity index (χ0) is 26.5. The third kappa shape index (κ3) is 5.42. The maximum Gasteiger partial charge on any atom is 0.420 e. The van der Waals surface area contributed by atoms with Crippen molar-refractivity contribution in [1.29, 1.82) is 0 Å². The Bertz CT molecular complexity index is 1230. The molecule has 2 fully saturated rings. The normalized spacial score (nSPS) is 22.4. The van der Waals surface area contributed by atoms with Gasteiger partial charge in [-0.05, 0) is 69.9 Å². The van der Waals surface area contributed by atoms with Crippen LogP contribution in [-0.4, -0.2) is 49.3 Å². The summed E-state index contributed by atoms with van der Waals surface area (Å²) < 4.78 is 82.3. The van der Waals surface area contributed by atoms with Gasteiger partial charge in [-0.3, -0.25) is 4.79 Å². The average Bonchev–Trinajstić information content (AvgIpc) is 3.04. The van der Waals surface area contributed by atoms with Crippen LogP contribution >= 0.6 is 0 Å². The van der Waals surface area contributed by atoms with Crippen LogP contribution in [0.15, 0.2) is 41.6 Å². The molecule has 1 aromatic heterocycles. The van der Waals surface area contributed by atoms with Crippen molar-refractivity contribution in [2.45, 2.75) is 74.5 Å². The van der Waals surface area contributed by atoms with E-state index in [0.29, 0.717) is 18.9 Å². The van der Waals surface area contributed by atoms with Gasteiger partial charge < -0.3 is 15.0 Å². The predicted molar refractivity (Wildman–Crippen MR) is 124 cm³/mol. The number of piperidine rings is 1. The maximum absolute atomic E-state index is 13.4. The number of sulfone groups is 1. The van der Waals surface area contributed by atoms with Crippen molar-refractivity contribution in [3.8, 4) is 5.75 Å². The fourth-order valence-electron chi connectivity index (χ4n) is 4.95. The zero-order valence-electron chi connectivity index (χ0n) is 20.0. The summed E-state index contributed by atoms with van der Waals surface area (Å²) in [6.07, 6.45) is 0.776. The van der Waals surface area contributed by atoms with Gasteiger partial charge >= 0.3 is 6.18 Å². The van der Waals surface area contributed by atoms with Gasteiger partial charge in [-0.15, -0.1) is 0 Å². The first-order valence-electron chi connectivity index (χ1n) is 11.5. The SMILES string of the molecule is CC(C)(Oc1ccc(F)cc1C(F)(F)F)C(=O)NC1C[C@H]2CC[C@@H](C1)N2c1ccc(S(C)(=O)=O)nc1. The van der Waals surface area contributed by atoms with Crippen molar-refractivity contribution in [2.24, 2.45) is 0 Å². The molecule has 36 heavy (non-hydrogen) atoms. The number of nitrogens with zero attached hydrogens (tertiary/aromatic N) is 2. The number of halogens is 4. The number of amides is 1. The first kappa shape index (κ1) is 26.2. The Morgan fingerprint density at radius 1 is 1.11 bits per heavy atom. The van der Waals surface area contributed by atoms with E-state index in [9.17, 15) is 30.8 Å². The van der Waals surface area contributed by atoms with Gasteiger partial charge in [0.15, 0.2) is 20.5 Å². The lowest BCUT2D eigenvalue weighted by Crippen LogP contribution is -2.55. The molecule has 2 aromatic rings. The minimum atomic E-state index is -4.84. The standard InChI is InChI=1S/C24H27F4N3O4S/c1-23(2,35-20-8-4-14(25)10-19(20)24(26,27)28)22(32)30-15-11-16-5-6-17(12-15)31(16)18-7-9-21(29-13-18)36(3,33)34/h4,7-10,13,15-17H,5-6,11-12H2,1-3H3,(H,30,32)/t15?,16-,17+. The number of fused-ring (bicyclic) bond motifs is 2. The first-order valence-corrected chi connectivity index (χ1v) is 13.4. The molecule has 0 saturated carbocycles. The lowest BCUT2D eigenvalue weighted by atomic mass is 9.95. The number of aromatic nitrogens is 1. The molecular weight excluding hydrogens is 502 g/mol. The Kier molecular flexibility index (Phi) is 6.69. The van der Waals surface area contributed by atoms with Crippen LogP contribution in [0.5, 0.6) is 5.75 Å². The molecule has 0 aliphatic carbocycles. The summed E-state index contributed by atoms with van der Waals surface area (Å²) in [6.45, 7) is 2.73. The molecule has 12 heteroatoms. The molecule has 2 saturated heterocycles. The highest BCUT2D eigenvalue weighted by molar-refractivity contribution is 7.90. The van der Waals surface area contributed by atoms with Crippen molar-refractivity contribution in [3.05, 3.63) is 47.9 Å². The lowest BCUT2D eigenvalue weighted by molar-refractivity contribution is -0.144. The van der Waals surface area contributed by atoms with E-state index in [-0.39, 0.29) is 23.2 Å². The van der Waals surface area contributed by atoms with E-state index in [4.69, 9.17) is 4.74 Å². The van der Waals surface area contributed by atoms with Crippen LogP contribution in [0.3, 0.4) is 0 Å². The van der Waals surface area contributed by atoms with E-state index in [1.165, 1.54) is 19.9 Å². The molecule has 1 amide bonds. The Hall–Kier alpha value is -2.89. The van der Waals surface area contributed by atoms with Crippen LogP contribution in [0.25, 0.3) is 0 Å². The van der Waals surface area contributed by atoms with E-state index in [1.807, 2.05) is 0 Å². The number of rotatable bonds is 6. The molecule has 4 rings (SSSR count). The Labute approximate surface area is 206 Å². The Morgan fingerprint density at radius 3 is 2.28 bits per heavy atom. The number of hydrogen-bond donors (Lipinski definition) is 1. The van der Waals surface area contributed by atoms with E-state index in [1.54, 1.807) is 12.3 Å². The largest absolute Gasteiger partial charge is 0.477 e. The van der Waals surface area contributed by atoms with Crippen LogP contribution in [0, 0.1) is 5.82 Å². The highest BCUT2D eigenvalue weighted by Gasteiger charge is 2.43. The van der Waals surface area contributed by atoms with Gasteiger partial charge in [0.2, 0.25) is 0 Å². The van der Waals surface area contributed by atoms with Crippen molar-refractivity contribution >= 4 is 21.4 Å². The Balaban J connectivity index is 1.43. The highest BCUT2D eigenvalue weighted by atomic mass is 32.2. The van der Waals surface area contributed by atoms with Crippen molar-refractivity contribution in [3.63, 3.8) is 0 Å². The molecule has 0 spiro atoms. The number of alkyl halides is 3. The van der Waals surface area contributed by atoms with E-state index in [2.05, 4.69) is 15.2 Å². The number of anilines is 1. The number of nitrogens with one attached hydrogen (secondary N) is 1. The lowest BCUT2D eigenvalue weighted by Gasteiger charge is -2.41. The Morgan fingerprint density at radius 2 is 1.75 bits per heavy atom. The van der Waals surface area contributed by atoms with Crippen LogP contribution in [0.2, 0.25) is 0 Å². The summed E-state index contributed by atoms with van der Waals surface area (Å²) in [6, 6.07) is 5.24. The number of carbonyl (C=O) groups excluding carboxylic acids is 1. The fraction of sp³-hybridized carbons (Fsp3) is 0.500. The van der Waals surface area contributed by atoms with Gasteiger partial charge in [0.05, 0.1) is 11.9 Å². The molecule has 0 radical (unpaired) electrons. The van der Waals surface area contributed by atoms with E-state index in [0.717, 1.165) is 36.9 Å². The maximum atomic E-state index is 13.4. The van der Waals surface area contributed by atoms with Gasteiger partial charge in [-0.1, -0.05) is 0 Å². The molecule has 1 aromatic carbocycles. The summed E-state index contributed by atoms with van der Waals surface area (Å²) in [5, 5.41) is 2.91. The molecule has 196 valence electrons. The van der Waals surface area contributed by atoms with Gasteiger partial charge in [0.1, 0.15) is 17.1 Å². The van der Waals surface area contributed by atoms with Crippen molar-refractivity contribution in [1.82, 2.24) is 10.3 Å². The van der Waals surface area contributed by atoms with E-state index < -0.39 is 44.7 Å². The van der Waals surface area contributed by atoms with Crippen LogP contribution in [-0.2, 0) is 20.8 Å². The number of ether oxygens (including phenoxy) is 1. The third-order valence-electron chi connectivity index (χ3n) is 6.63. The quantitative estimate of drug-likeness (QED) is 0.567. The zero-order valence-corrected chi connectivity index (χ0v) is 20.8. The fourth-order valence-corrected chi connectivity index (χ4v) is 5.51. The molecular formula is C24H27F4N3O4S. The molecule has 7 nitrogen and oxygen atoms in total. The van der Waals surface area contributed by atoms with Crippen LogP contribution in [0.1, 0.15) is 45.1 Å². The molecule has 1 unspecified atom stereocenters. The summed E-state index contributed by atoms with van der Waals surface area (Å²) >= 11 is 0. The molecule has 3 atom stereocenters. The van der Waals surface area contributed by atoms with Crippen molar-refractivity contribution in [2.75, 3.05) is 11.2 Å². The second kappa shape index (κ2) is 9.20. The number of hydrogen-bond acceptors (Lipinski definition) is 6. The topological polar surface area (TPSA) is 88.6 Å². The van der Waals surface area contributed by atoms with Gasteiger partial charge in [0.25, 0.3) is 5.91 Å². The van der Waals surface area contributed by atoms with Crippen molar-refractivity contribution < 1.29 is 35.5 Å². The molecule has 2 aliphatic heterocycles. The smallest absolute Gasteiger partial charge is 0.420 e. The second-order valence-corrected chi connectivity index (χ2v) is 11.8. The minimum absolute atomic E-state index is 0.00203. The van der Waals surface area contributed by atoms with Gasteiger partial charge in [-0.25, -0.2) is 17.8 Å². The summed E-state index contributed by atoms with van der Waals surface area (Å²) in [4.78, 5) is 19.3. The van der Waals surface area contributed by atoms with Crippen LogP contribution in [0.4, 0.5) is 23.2 Å². The first-order chi connectivity index (χ1) is 16.6. The molecule has 2 aliphatic rings. The highest BCUT2D eigenvalue weighted by Crippen LogP contribution is 2.40.